The van der Waals surface area contributed by atoms with Crippen molar-refractivity contribution in [1.82, 2.24) is 5.32 Å². The second kappa shape index (κ2) is 7.26. The van der Waals surface area contributed by atoms with Gasteiger partial charge in [0.2, 0.25) is 0 Å². The Morgan fingerprint density at radius 1 is 1.43 bits per heavy atom. The van der Waals surface area contributed by atoms with Gasteiger partial charge in [-0.25, -0.2) is 4.79 Å². The van der Waals surface area contributed by atoms with Gasteiger partial charge in [-0.1, -0.05) is 19.1 Å². The molecule has 1 unspecified atom stereocenters. The van der Waals surface area contributed by atoms with E-state index in [1.165, 1.54) is 0 Å². The lowest BCUT2D eigenvalue weighted by Crippen LogP contribution is -2.34. The van der Waals surface area contributed by atoms with Crippen LogP contribution in [0.4, 0.5) is 10.5 Å². The van der Waals surface area contributed by atoms with Crippen LogP contribution in [0.2, 0.25) is 0 Å². The van der Waals surface area contributed by atoms with Crippen LogP contribution in [-0.2, 0) is 4.74 Å². The fourth-order valence-corrected chi connectivity index (χ4v) is 1.96. The topological polar surface area (TPSA) is 76.4 Å². The molecule has 6 heteroatoms. The minimum absolute atomic E-state index is 0.132. The third-order valence-corrected chi connectivity index (χ3v) is 2.76. The Morgan fingerprint density at radius 3 is 2.62 bits per heavy atom. The minimum atomic E-state index is -0.516. The Labute approximate surface area is 131 Å². The second-order valence-electron chi connectivity index (χ2n) is 5.72. The molecule has 1 atom stereocenters. The van der Waals surface area contributed by atoms with Gasteiger partial charge in [-0.3, -0.25) is 0 Å². The van der Waals surface area contributed by atoms with Crippen molar-refractivity contribution < 1.29 is 9.53 Å². The smallest absolute Gasteiger partial charge is 0.408 e. The van der Waals surface area contributed by atoms with E-state index in [1.54, 1.807) is 0 Å². The molecule has 1 amide bonds. The second-order valence-corrected chi connectivity index (χ2v) is 6.16. The summed E-state index contributed by atoms with van der Waals surface area (Å²) < 4.78 is 5.28. The number of benzene rings is 1. The molecular formula is C15H23N3O2S. The van der Waals surface area contributed by atoms with E-state index in [1.807, 2.05) is 52.0 Å². The van der Waals surface area contributed by atoms with Crippen molar-refractivity contribution in [3.05, 3.63) is 29.8 Å². The van der Waals surface area contributed by atoms with Gasteiger partial charge in [0, 0.05) is 5.69 Å². The summed E-state index contributed by atoms with van der Waals surface area (Å²) in [5.74, 6) is 0. The molecule has 21 heavy (non-hydrogen) atoms. The number of hydrogen-bond acceptors (Lipinski definition) is 3. The maximum Gasteiger partial charge on any atom is 0.408 e. The molecule has 116 valence electrons. The van der Waals surface area contributed by atoms with Gasteiger partial charge < -0.3 is 21.1 Å². The number of rotatable bonds is 4. The van der Waals surface area contributed by atoms with Gasteiger partial charge in [-0.15, -0.1) is 0 Å². The molecule has 5 nitrogen and oxygen atoms in total. The van der Waals surface area contributed by atoms with Crippen molar-refractivity contribution in [2.45, 2.75) is 45.8 Å². The molecule has 0 aliphatic rings. The molecule has 0 saturated heterocycles. The minimum Gasteiger partial charge on any atom is -0.444 e. The van der Waals surface area contributed by atoms with Gasteiger partial charge in [0.05, 0.1) is 6.04 Å². The molecule has 0 spiro atoms. The molecule has 0 radical (unpaired) electrons. The lowest BCUT2D eigenvalue weighted by atomic mass is 10.0. The van der Waals surface area contributed by atoms with Gasteiger partial charge in [-0.05, 0) is 57.1 Å². The van der Waals surface area contributed by atoms with Gasteiger partial charge in [0.15, 0.2) is 5.11 Å². The zero-order valence-electron chi connectivity index (χ0n) is 12.9. The third kappa shape index (κ3) is 6.44. The van der Waals surface area contributed by atoms with Crippen molar-refractivity contribution >= 4 is 29.1 Å². The van der Waals surface area contributed by atoms with Gasteiger partial charge >= 0.3 is 6.09 Å². The van der Waals surface area contributed by atoms with E-state index in [4.69, 9.17) is 22.7 Å². The lowest BCUT2D eigenvalue weighted by Gasteiger charge is -2.23. The molecular weight excluding hydrogens is 286 g/mol. The van der Waals surface area contributed by atoms with Crippen LogP contribution in [-0.4, -0.2) is 16.8 Å². The molecule has 0 aliphatic carbocycles. The highest BCUT2D eigenvalue weighted by molar-refractivity contribution is 7.80. The van der Waals surface area contributed by atoms with Crippen molar-refractivity contribution in [2.75, 3.05) is 5.32 Å². The van der Waals surface area contributed by atoms with Crippen LogP contribution in [0.15, 0.2) is 24.3 Å². The van der Waals surface area contributed by atoms with E-state index in [9.17, 15) is 4.79 Å². The predicted molar refractivity (Wildman–Crippen MR) is 89.3 cm³/mol. The third-order valence-electron chi connectivity index (χ3n) is 2.66. The summed E-state index contributed by atoms with van der Waals surface area (Å²) in [5.41, 5.74) is 6.71. The molecule has 1 rings (SSSR count). The molecule has 0 aromatic heterocycles. The largest absolute Gasteiger partial charge is 0.444 e. The zero-order valence-corrected chi connectivity index (χ0v) is 13.7. The van der Waals surface area contributed by atoms with E-state index < -0.39 is 11.7 Å². The highest BCUT2D eigenvalue weighted by Crippen LogP contribution is 2.21. The number of nitrogens with two attached hydrogens (primary N) is 1. The zero-order chi connectivity index (χ0) is 16.0. The summed E-state index contributed by atoms with van der Waals surface area (Å²) in [7, 11) is 0. The van der Waals surface area contributed by atoms with E-state index in [0.717, 1.165) is 17.7 Å². The Hall–Kier alpha value is -1.82. The number of thiocarbonyl (C=S) groups is 1. The van der Waals surface area contributed by atoms with Crippen LogP contribution >= 0.6 is 12.2 Å². The van der Waals surface area contributed by atoms with Crippen LogP contribution in [0.25, 0.3) is 0 Å². The fraction of sp³-hybridized carbons (Fsp3) is 0.467. The van der Waals surface area contributed by atoms with E-state index in [-0.39, 0.29) is 11.2 Å². The molecule has 1 aromatic carbocycles. The first-order valence-electron chi connectivity index (χ1n) is 6.87. The van der Waals surface area contributed by atoms with Crippen LogP contribution in [0.5, 0.6) is 0 Å². The summed E-state index contributed by atoms with van der Waals surface area (Å²) in [6.45, 7) is 7.50. The van der Waals surface area contributed by atoms with E-state index in [2.05, 4.69) is 10.6 Å². The average Bonchev–Trinajstić information content (AvgIpc) is 2.33. The van der Waals surface area contributed by atoms with Crippen molar-refractivity contribution in [2.24, 2.45) is 5.73 Å². The summed E-state index contributed by atoms with van der Waals surface area (Å²) in [5, 5.41) is 5.96. The highest BCUT2D eigenvalue weighted by Gasteiger charge is 2.19. The van der Waals surface area contributed by atoms with Crippen LogP contribution in [0, 0.1) is 0 Å². The highest BCUT2D eigenvalue weighted by atomic mass is 32.1. The Morgan fingerprint density at radius 2 is 2.10 bits per heavy atom. The van der Waals surface area contributed by atoms with Gasteiger partial charge in [-0.2, -0.15) is 0 Å². The summed E-state index contributed by atoms with van der Waals surface area (Å²) in [4.78, 5) is 11.9. The van der Waals surface area contributed by atoms with E-state index >= 15 is 0 Å². The number of anilines is 1. The number of amides is 1. The lowest BCUT2D eigenvalue weighted by molar-refractivity contribution is 0.0502. The summed E-state index contributed by atoms with van der Waals surface area (Å²) in [6.07, 6.45) is 0.317. The van der Waals surface area contributed by atoms with Gasteiger partial charge in [0.25, 0.3) is 0 Å². The number of carbonyl (C=O) groups is 1. The number of carbonyl (C=O) groups excluding carboxylic acids is 1. The quantitative estimate of drug-likeness (QED) is 0.744. The summed E-state index contributed by atoms with van der Waals surface area (Å²) in [6, 6.07) is 7.46. The molecule has 0 saturated carbocycles. The molecule has 0 aliphatic heterocycles. The molecule has 1 aromatic rings. The number of ether oxygens (including phenoxy) is 1. The van der Waals surface area contributed by atoms with Crippen LogP contribution < -0.4 is 16.4 Å². The van der Waals surface area contributed by atoms with Crippen LogP contribution in [0.1, 0.15) is 45.7 Å². The molecule has 0 fully saturated rings. The fourth-order valence-electron chi connectivity index (χ4n) is 1.85. The average molecular weight is 309 g/mol. The van der Waals surface area contributed by atoms with Crippen LogP contribution in [0.3, 0.4) is 0 Å². The first-order chi connectivity index (χ1) is 9.71. The monoisotopic (exact) mass is 309 g/mol. The molecule has 0 heterocycles. The standard InChI is InChI=1S/C15H23N3O2S/c1-5-12(18-14(19)20-15(2,3)4)10-7-6-8-11(9-10)17-13(16)21/h6-9,12H,5H2,1-4H3,(H,18,19)(H3,16,17,21). The Balaban J connectivity index is 2.80. The number of nitrogens with one attached hydrogen (secondary N) is 2. The SMILES string of the molecule is CCC(NC(=O)OC(C)(C)C)c1cccc(NC(N)=S)c1. The normalized spacial score (nSPS) is 12.4. The van der Waals surface area contributed by atoms with Crippen molar-refractivity contribution in [1.29, 1.82) is 0 Å². The first-order valence-corrected chi connectivity index (χ1v) is 7.28. The van der Waals surface area contributed by atoms with Crippen molar-refractivity contribution in [3.63, 3.8) is 0 Å². The Kier molecular flexibility index (Phi) is 5.96. The maximum atomic E-state index is 11.9. The first kappa shape index (κ1) is 17.2. The van der Waals surface area contributed by atoms with Gasteiger partial charge in [0.1, 0.15) is 5.60 Å². The Bertz CT molecular complexity index is 512. The molecule has 4 N–H and O–H groups in total. The summed E-state index contributed by atoms with van der Waals surface area (Å²) >= 11 is 4.82. The number of hydrogen-bond donors (Lipinski definition) is 3. The number of alkyl carbamates (subject to hydrolysis) is 1. The maximum absolute atomic E-state index is 11.9. The van der Waals surface area contributed by atoms with Crippen molar-refractivity contribution in [3.8, 4) is 0 Å². The molecule has 0 bridgehead atoms. The van der Waals surface area contributed by atoms with E-state index in [0.29, 0.717) is 0 Å². The predicted octanol–water partition coefficient (Wildman–Crippen LogP) is 3.32.